The first-order valence-electron chi connectivity index (χ1n) is 9.09. The van der Waals surface area contributed by atoms with Gasteiger partial charge in [-0.3, -0.25) is 20.4 Å². The Morgan fingerprint density at radius 2 is 1.86 bits per heavy atom. The zero-order chi connectivity index (χ0) is 19.5. The standard InChI is InChI=1S/C21H20N4O2S/c1-25-13-15(14-7-2-4-9-17(14)25)21(27)24-23-19(26)11-6-12-20-22-16-8-3-5-10-18(16)28-20/h2-5,7-10,13H,6,11-12H2,1H3,(H,23,26)(H,24,27). The van der Waals surface area contributed by atoms with Crippen LogP contribution in [0.25, 0.3) is 21.1 Å². The van der Waals surface area contributed by atoms with Gasteiger partial charge in [-0.25, -0.2) is 4.98 Å². The fourth-order valence-electron chi connectivity index (χ4n) is 3.21. The number of fused-ring (bicyclic) bond motifs is 2. The number of nitrogens with zero attached hydrogens (tertiary/aromatic N) is 2. The Labute approximate surface area is 166 Å². The first kappa shape index (κ1) is 18.2. The van der Waals surface area contributed by atoms with E-state index in [2.05, 4.69) is 15.8 Å². The van der Waals surface area contributed by atoms with Gasteiger partial charge in [-0.1, -0.05) is 30.3 Å². The normalized spacial score (nSPS) is 11.0. The minimum atomic E-state index is -0.323. The van der Waals surface area contributed by atoms with E-state index in [1.54, 1.807) is 17.5 Å². The van der Waals surface area contributed by atoms with Gasteiger partial charge in [0.15, 0.2) is 0 Å². The van der Waals surface area contributed by atoms with E-state index in [-0.39, 0.29) is 11.8 Å². The maximum Gasteiger partial charge on any atom is 0.271 e. The van der Waals surface area contributed by atoms with Crippen LogP contribution in [0.15, 0.2) is 54.7 Å². The number of hydrogen-bond donors (Lipinski definition) is 2. The number of thiazole rings is 1. The van der Waals surface area contributed by atoms with Crippen LogP contribution in [0.2, 0.25) is 0 Å². The summed E-state index contributed by atoms with van der Waals surface area (Å²) in [6.45, 7) is 0. The van der Waals surface area contributed by atoms with E-state index < -0.39 is 0 Å². The first-order chi connectivity index (χ1) is 13.6. The average molecular weight is 392 g/mol. The van der Waals surface area contributed by atoms with Crippen LogP contribution in [-0.4, -0.2) is 21.4 Å². The number of para-hydroxylation sites is 2. The maximum atomic E-state index is 12.4. The highest BCUT2D eigenvalue weighted by Gasteiger charge is 2.14. The van der Waals surface area contributed by atoms with Crippen molar-refractivity contribution < 1.29 is 9.59 Å². The van der Waals surface area contributed by atoms with Crippen molar-refractivity contribution in [2.24, 2.45) is 7.05 Å². The van der Waals surface area contributed by atoms with Crippen LogP contribution in [0.1, 0.15) is 28.2 Å². The smallest absolute Gasteiger partial charge is 0.271 e. The Balaban J connectivity index is 1.28. The number of hydrazine groups is 1. The third kappa shape index (κ3) is 3.75. The van der Waals surface area contributed by atoms with Crippen LogP contribution in [0.3, 0.4) is 0 Å². The topological polar surface area (TPSA) is 76.0 Å². The number of carbonyl (C=O) groups is 2. The second kappa shape index (κ2) is 7.82. The molecule has 7 heteroatoms. The molecule has 2 heterocycles. The molecular weight excluding hydrogens is 372 g/mol. The quantitative estimate of drug-likeness (QED) is 0.510. The molecule has 4 aromatic rings. The molecule has 2 amide bonds. The minimum absolute atomic E-state index is 0.213. The molecule has 28 heavy (non-hydrogen) atoms. The SMILES string of the molecule is Cn1cc(C(=O)NNC(=O)CCCc2nc3ccccc3s2)c2ccccc21. The second-order valence-electron chi connectivity index (χ2n) is 6.60. The van der Waals surface area contributed by atoms with Crippen LogP contribution in [-0.2, 0) is 18.3 Å². The molecule has 0 saturated carbocycles. The largest absolute Gasteiger partial charge is 0.350 e. The average Bonchev–Trinajstić information content (AvgIpc) is 3.27. The Kier molecular flexibility index (Phi) is 5.08. The lowest BCUT2D eigenvalue weighted by Crippen LogP contribution is -2.41. The summed E-state index contributed by atoms with van der Waals surface area (Å²) in [6, 6.07) is 15.7. The van der Waals surface area contributed by atoms with Gasteiger partial charge in [0.1, 0.15) is 0 Å². The van der Waals surface area contributed by atoms with Crippen LogP contribution >= 0.6 is 11.3 Å². The van der Waals surface area contributed by atoms with Gasteiger partial charge < -0.3 is 4.57 Å². The first-order valence-corrected chi connectivity index (χ1v) is 9.91. The number of hydrogen-bond acceptors (Lipinski definition) is 4. The van der Waals surface area contributed by atoms with Crippen molar-refractivity contribution in [3.05, 3.63) is 65.3 Å². The molecule has 2 N–H and O–H groups in total. The van der Waals surface area contributed by atoms with Crippen LogP contribution in [0, 0.1) is 0 Å². The molecule has 0 aliphatic heterocycles. The third-order valence-corrected chi connectivity index (χ3v) is 5.69. The van der Waals surface area contributed by atoms with Gasteiger partial charge in [0.2, 0.25) is 5.91 Å². The number of carbonyl (C=O) groups excluding carboxylic acids is 2. The predicted octanol–water partition coefficient (Wildman–Crippen LogP) is 3.57. The second-order valence-corrected chi connectivity index (χ2v) is 7.72. The molecular formula is C21H20N4O2S. The van der Waals surface area contributed by atoms with Crippen molar-refractivity contribution in [1.82, 2.24) is 20.4 Å². The van der Waals surface area contributed by atoms with Crippen LogP contribution in [0.4, 0.5) is 0 Å². The van der Waals surface area contributed by atoms with Crippen LogP contribution < -0.4 is 10.9 Å². The molecule has 0 saturated heterocycles. The molecule has 0 bridgehead atoms. The van der Waals surface area contributed by atoms with Crippen molar-refractivity contribution in [3.63, 3.8) is 0 Å². The number of nitrogens with one attached hydrogen (secondary N) is 2. The molecule has 142 valence electrons. The fourth-order valence-corrected chi connectivity index (χ4v) is 4.22. The van der Waals surface area contributed by atoms with Crippen molar-refractivity contribution in [1.29, 1.82) is 0 Å². The Bertz CT molecular complexity index is 1130. The van der Waals surface area contributed by atoms with Crippen molar-refractivity contribution in [3.8, 4) is 0 Å². The molecule has 2 aromatic heterocycles. The zero-order valence-electron chi connectivity index (χ0n) is 15.4. The van der Waals surface area contributed by atoms with E-state index in [1.165, 1.54) is 0 Å². The number of benzene rings is 2. The molecule has 2 aromatic carbocycles. The van der Waals surface area contributed by atoms with E-state index >= 15 is 0 Å². The summed E-state index contributed by atoms with van der Waals surface area (Å²) in [6.07, 6.45) is 3.50. The summed E-state index contributed by atoms with van der Waals surface area (Å²) in [4.78, 5) is 29.1. The van der Waals surface area contributed by atoms with E-state index in [9.17, 15) is 9.59 Å². The Morgan fingerprint density at radius 1 is 1.07 bits per heavy atom. The molecule has 0 atom stereocenters. The third-order valence-electron chi connectivity index (χ3n) is 4.59. The van der Waals surface area contributed by atoms with Crippen LogP contribution in [0.5, 0.6) is 0 Å². The molecule has 0 radical (unpaired) electrons. The van der Waals surface area contributed by atoms with Gasteiger partial charge in [0.25, 0.3) is 5.91 Å². The molecule has 4 rings (SSSR count). The van der Waals surface area contributed by atoms with E-state index in [4.69, 9.17) is 0 Å². The molecule has 6 nitrogen and oxygen atoms in total. The monoisotopic (exact) mass is 392 g/mol. The lowest BCUT2D eigenvalue weighted by Gasteiger charge is -2.06. The lowest BCUT2D eigenvalue weighted by molar-refractivity contribution is -0.121. The fraction of sp³-hybridized carbons (Fsp3) is 0.190. The molecule has 0 unspecified atom stereocenters. The van der Waals surface area contributed by atoms with Crippen molar-refractivity contribution >= 4 is 44.3 Å². The Hall–Kier alpha value is -3.19. The number of amides is 2. The molecule has 0 aliphatic rings. The molecule has 0 aliphatic carbocycles. The number of aryl methyl sites for hydroxylation is 2. The maximum absolute atomic E-state index is 12.4. The van der Waals surface area contributed by atoms with E-state index in [0.717, 1.165) is 32.5 Å². The van der Waals surface area contributed by atoms with Gasteiger partial charge in [0.05, 0.1) is 20.8 Å². The minimum Gasteiger partial charge on any atom is -0.350 e. The predicted molar refractivity (Wildman–Crippen MR) is 111 cm³/mol. The van der Waals surface area contributed by atoms with Crippen molar-refractivity contribution in [2.45, 2.75) is 19.3 Å². The van der Waals surface area contributed by atoms with Crippen molar-refractivity contribution in [2.75, 3.05) is 0 Å². The summed E-state index contributed by atoms with van der Waals surface area (Å²) in [5, 5.41) is 1.88. The summed E-state index contributed by atoms with van der Waals surface area (Å²) in [7, 11) is 1.89. The highest BCUT2D eigenvalue weighted by atomic mass is 32.1. The van der Waals surface area contributed by atoms with E-state index in [0.29, 0.717) is 18.4 Å². The lowest BCUT2D eigenvalue weighted by atomic mass is 10.2. The number of aromatic nitrogens is 2. The zero-order valence-corrected chi connectivity index (χ0v) is 16.3. The van der Waals surface area contributed by atoms with Gasteiger partial charge in [-0.15, -0.1) is 11.3 Å². The summed E-state index contributed by atoms with van der Waals surface area (Å²) >= 11 is 1.65. The van der Waals surface area contributed by atoms with Gasteiger partial charge >= 0.3 is 0 Å². The Morgan fingerprint density at radius 3 is 2.71 bits per heavy atom. The highest BCUT2D eigenvalue weighted by Crippen LogP contribution is 2.23. The number of rotatable bonds is 5. The molecule has 0 fully saturated rings. The summed E-state index contributed by atoms with van der Waals surface area (Å²) in [5.41, 5.74) is 7.51. The summed E-state index contributed by atoms with van der Waals surface area (Å²) < 4.78 is 3.05. The van der Waals surface area contributed by atoms with Gasteiger partial charge in [-0.05, 0) is 31.0 Å². The van der Waals surface area contributed by atoms with E-state index in [1.807, 2.05) is 60.1 Å². The summed E-state index contributed by atoms with van der Waals surface area (Å²) in [5.74, 6) is -0.536. The highest BCUT2D eigenvalue weighted by molar-refractivity contribution is 7.18. The van der Waals surface area contributed by atoms with Gasteiger partial charge in [-0.2, -0.15) is 0 Å². The molecule has 0 spiro atoms. The van der Waals surface area contributed by atoms with Gasteiger partial charge in [0, 0.05) is 30.6 Å².